The number of carbonyl (C=O) groups is 2. The van der Waals surface area contributed by atoms with E-state index in [1.807, 2.05) is 25.3 Å². The monoisotopic (exact) mass is 399 g/mol. The van der Waals surface area contributed by atoms with Gasteiger partial charge in [0.1, 0.15) is 11.9 Å². The summed E-state index contributed by atoms with van der Waals surface area (Å²) in [7, 11) is 0. The summed E-state index contributed by atoms with van der Waals surface area (Å²) >= 11 is 1.35. The molecule has 3 aromatic rings. The number of fused-ring (bicyclic) bond motifs is 3. The minimum absolute atomic E-state index is 0.0433. The van der Waals surface area contributed by atoms with E-state index >= 15 is 0 Å². The molecule has 28 heavy (non-hydrogen) atoms. The van der Waals surface area contributed by atoms with Gasteiger partial charge in [0, 0.05) is 41.7 Å². The van der Waals surface area contributed by atoms with Crippen LogP contribution in [-0.2, 0) is 17.8 Å². The summed E-state index contributed by atoms with van der Waals surface area (Å²) in [4.78, 5) is 31.4. The van der Waals surface area contributed by atoms with Crippen molar-refractivity contribution in [1.82, 2.24) is 15.2 Å². The zero-order valence-electron chi connectivity index (χ0n) is 15.8. The Labute approximate surface area is 166 Å². The zero-order chi connectivity index (χ0) is 19.8. The summed E-state index contributed by atoms with van der Waals surface area (Å²) in [5, 5.41) is 5.55. The lowest BCUT2D eigenvalue weighted by molar-refractivity contribution is -0.135. The number of halogens is 1. The van der Waals surface area contributed by atoms with Crippen LogP contribution in [-0.4, -0.2) is 34.3 Å². The molecular weight excluding hydrogens is 377 g/mol. The second-order valence-electron chi connectivity index (χ2n) is 7.45. The largest absolute Gasteiger partial charge is 0.358 e. The highest BCUT2D eigenvalue weighted by Crippen LogP contribution is 2.29. The van der Waals surface area contributed by atoms with E-state index in [1.165, 1.54) is 23.5 Å². The van der Waals surface area contributed by atoms with Crippen molar-refractivity contribution in [3.05, 3.63) is 57.7 Å². The summed E-state index contributed by atoms with van der Waals surface area (Å²) in [5.41, 5.74) is 2.89. The number of hydrogen-bond donors (Lipinski definition) is 2. The Balaban J connectivity index is 1.56. The van der Waals surface area contributed by atoms with Crippen LogP contribution in [0.5, 0.6) is 0 Å². The molecule has 1 aliphatic heterocycles. The van der Waals surface area contributed by atoms with Gasteiger partial charge in [0.25, 0.3) is 5.91 Å². The first kappa shape index (κ1) is 18.7. The third-order valence-corrected chi connectivity index (χ3v) is 6.08. The van der Waals surface area contributed by atoms with Crippen molar-refractivity contribution in [1.29, 1.82) is 0 Å². The Hall–Kier alpha value is -2.67. The van der Waals surface area contributed by atoms with Crippen molar-refractivity contribution in [3.63, 3.8) is 0 Å². The Morgan fingerprint density at radius 1 is 1.29 bits per heavy atom. The molecule has 4 rings (SSSR count). The zero-order valence-corrected chi connectivity index (χ0v) is 16.6. The van der Waals surface area contributed by atoms with Crippen LogP contribution in [0.3, 0.4) is 0 Å². The van der Waals surface area contributed by atoms with Crippen LogP contribution in [0, 0.1) is 11.7 Å². The molecule has 0 fully saturated rings. The molecular formula is C21H22FN3O2S. The van der Waals surface area contributed by atoms with Crippen LogP contribution in [0.25, 0.3) is 10.9 Å². The number of nitrogens with one attached hydrogen (secondary N) is 2. The molecule has 7 heteroatoms. The highest BCUT2D eigenvalue weighted by Gasteiger charge is 2.32. The molecule has 0 saturated carbocycles. The number of carbonyl (C=O) groups excluding carboxylic acids is 2. The van der Waals surface area contributed by atoms with Gasteiger partial charge in [-0.25, -0.2) is 4.39 Å². The Kier molecular flexibility index (Phi) is 4.93. The molecule has 0 saturated heterocycles. The molecule has 0 aliphatic carbocycles. The van der Waals surface area contributed by atoms with Crippen LogP contribution in [0.1, 0.15) is 34.8 Å². The second-order valence-corrected chi connectivity index (χ2v) is 8.40. The molecule has 2 N–H and O–H groups in total. The fourth-order valence-electron chi connectivity index (χ4n) is 3.70. The Morgan fingerprint density at radius 2 is 2.11 bits per heavy atom. The average molecular weight is 399 g/mol. The molecule has 0 spiro atoms. The second kappa shape index (κ2) is 7.39. The number of aromatic nitrogens is 1. The number of thiophene rings is 1. The number of hydrogen-bond acceptors (Lipinski definition) is 3. The van der Waals surface area contributed by atoms with Gasteiger partial charge in [-0.2, -0.15) is 0 Å². The lowest BCUT2D eigenvalue weighted by Gasteiger charge is -2.32. The van der Waals surface area contributed by atoms with Crippen molar-refractivity contribution in [2.45, 2.75) is 32.9 Å². The molecule has 1 aliphatic rings. The standard InChI is InChI=1S/C21H22FN3O2S/c1-12(2)19(24-20(26)18-4-3-9-28-18)21(27)25-8-7-17-15(11-25)14-10-13(22)5-6-16(14)23-17/h3-6,9-10,12,19,23H,7-8,11H2,1-2H3,(H,24,26). The summed E-state index contributed by atoms with van der Waals surface area (Å²) < 4.78 is 13.7. The maximum Gasteiger partial charge on any atom is 0.262 e. The third-order valence-electron chi connectivity index (χ3n) is 5.21. The topological polar surface area (TPSA) is 65.2 Å². The van der Waals surface area contributed by atoms with Crippen molar-refractivity contribution >= 4 is 34.1 Å². The predicted molar refractivity (Wildman–Crippen MR) is 108 cm³/mol. The summed E-state index contributed by atoms with van der Waals surface area (Å²) in [6.07, 6.45) is 0.682. The molecule has 1 unspecified atom stereocenters. The van der Waals surface area contributed by atoms with E-state index in [4.69, 9.17) is 0 Å². The molecule has 0 radical (unpaired) electrons. The number of rotatable bonds is 4. The minimum atomic E-state index is -0.599. The normalized spacial score (nSPS) is 14.9. The van der Waals surface area contributed by atoms with Gasteiger partial charge < -0.3 is 15.2 Å². The Bertz CT molecular complexity index is 1030. The number of amides is 2. The first-order chi connectivity index (χ1) is 13.4. The SMILES string of the molecule is CC(C)C(NC(=O)c1cccs1)C(=O)N1CCc2[nH]c3ccc(F)cc3c2C1. The fourth-order valence-corrected chi connectivity index (χ4v) is 4.33. The van der Waals surface area contributed by atoms with Crippen molar-refractivity contribution in [2.75, 3.05) is 6.54 Å². The van der Waals surface area contributed by atoms with Gasteiger partial charge in [0.05, 0.1) is 4.88 Å². The van der Waals surface area contributed by atoms with Crippen molar-refractivity contribution < 1.29 is 14.0 Å². The molecule has 2 aromatic heterocycles. The maximum atomic E-state index is 13.7. The maximum absolute atomic E-state index is 13.7. The quantitative estimate of drug-likeness (QED) is 0.702. The molecule has 146 valence electrons. The van der Waals surface area contributed by atoms with Crippen LogP contribution in [0.4, 0.5) is 4.39 Å². The van der Waals surface area contributed by atoms with E-state index in [0.29, 0.717) is 24.4 Å². The lowest BCUT2D eigenvalue weighted by Crippen LogP contribution is -2.52. The van der Waals surface area contributed by atoms with E-state index in [-0.39, 0.29) is 23.5 Å². The number of benzene rings is 1. The van der Waals surface area contributed by atoms with Gasteiger partial charge in [-0.05, 0) is 35.6 Å². The first-order valence-electron chi connectivity index (χ1n) is 9.36. The van der Waals surface area contributed by atoms with Gasteiger partial charge in [0.15, 0.2) is 0 Å². The van der Waals surface area contributed by atoms with E-state index in [1.54, 1.807) is 17.0 Å². The summed E-state index contributed by atoms with van der Waals surface area (Å²) in [5.74, 6) is -0.663. The van der Waals surface area contributed by atoms with Gasteiger partial charge in [-0.3, -0.25) is 9.59 Å². The number of H-pyrrole nitrogens is 1. The van der Waals surface area contributed by atoms with Gasteiger partial charge in [-0.1, -0.05) is 19.9 Å². The van der Waals surface area contributed by atoms with Crippen LogP contribution in [0.2, 0.25) is 0 Å². The number of aromatic amines is 1. The molecule has 1 atom stereocenters. The number of nitrogens with zero attached hydrogens (tertiary/aromatic N) is 1. The lowest BCUT2D eigenvalue weighted by atomic mass is 9.99. The van der Waals surface area contributed by atoms with Crippen molar-refractivity contribution in [3.8, 4) is 0 Å². The molecule has 0 bridgehead atoms. The van der Waals surface area contributed by atoms with Crippen molar-refractivity contribution in [2.24, 2.45) is 5.92 Å². The molecule has 2 amide bonds. The van der Waals surface area contributed by atoms with Gasteiger partial charge in [0.2, 0.25) is 5.91 Å². The predicted octanol–water partition coefficient (Wildman–Crippen LogP) is 3.71. The van der Waals surface area contributed by atoms with E-state index in [9.17, 15) is 14.0 Å². The smallest absolute Gasteiger partial charge is 0.262 e. The van der Waals surface area contributed by atoms with Crippen LogP contribution < -0.4 is 5.32 Å². The highest BCUT2D eigenvalue weighted by molar-refractivity contribution is 7.12. The minimum Gasteiger partial charge on any atom is -0.358 e. The average Bonchev–Trinajstić information content (AvgIpc) is 3.32. The summed E-state index contributed by atoms with van der Waals surface area (Å²) in [6, 6.07) is 7.63. The highest BCUT2D eigenvalue weighted by atomic mass is 32.1. The molecule has 5 nitrogen and oxygen atoms in total. The van der Waals surface area contributed by atoms with E-state index in [0.717, 1.165) is 22.2 Å². The van der Waals surface area contributed by atoms with E-state index < -0.39 is 6.04 Å². The van der Waals surface area contributed by atoms with Crippen LogP contribution >= 0.6 is 11.3 Å². The Morgan fingerprint density at radius 3 is 2.82 bits per heavy atom. The molecule has 3 heterocycles. The fraction of sp³-hybridized carbons (Fsp3) is 0.333. The van der Waals surface area contributed by atoms with E-state index in [2.05, 4.69) is 10.3 Å². The molecule has 1 aromatic carbocycles. The summed E-state index contributed by atoms with van der Waals surface area (Å²) in [6.45, 7) is 4.83. The third kappa shape index (κ3) is 3.42. The first-order valence-corrected chi connectivity index (χ1v) is 10.2. The van der Waals surface area contributed by atoms with Gasteiger partial charge >= 0.3 is 0 Å². The van der Waals surface area contributed by atoms with Gasteiger partial charge in [-0.15, -0.1) is 11.3 Å². The van der Waals surface area contributed by atoms with Crippen LogP contribution in [0.15, 0.2) is 35.7 Å².